The third kappa shape index (κ3) is 9.07. The van der Waals surface area contributed by atoms with Gasteiger partial charge in [0.15, 0.2) is 0 Å². The van der Waals surface area contributed by atoms with Crippen LogP contribution in [0.25, 0.3) is 22.3 Å². The summed E-state index contributed by atoms with van der Waals surface area (Å²) in [5.41, 5.74) is 12.6. The Morgan fingerprint density at radius 3 is 1.11 bits per heavy atom. The molecule has 3 heteroatoms. The van der Waals surface area contributed by atoms with Gasteiger partial charge < -0.3 is 27.5 Å². The van der Waals surface area contributed by atoms with Gasteiger partial charge in [-0.15, -0.1) is 0 Å². The zero-order valence-corrected chi connectivity index (χ0v) is 27.5. The number of benzene rings is 3. The Labute approximate surface area is 237 Å². The molecule has 0 aliphatic rings. The van der Waals surface area contributed by atoms with Crippen LogP contribution in [0.4, 0.5) is 0 Å². The molecule has 0 aliphatic carbocycles. The molecule has 193 valence electrons. The molecule has 0 saturated heterocycles. The Morgan fingerprint density at radius 1 is 0.600 bits per heavy atom. The van der Waals surface area contributed by atoms with Crippen LogP contribution in [0, 0.1) is 56.4 Å². The molecule has 0 nitrogen and oxygen atoms in total. The van der Waals surface area contributed by atoms with E-state index < -0.39 is 0 Å². The molecule has 3 rings (SSSR count). The van der Waals surface area contributed by atoms with Gasteiger partial charge in [0.2, 0.25) is 0 Å². The second-order valence-corrected chi connectivity index (χ2v) is 13.1. The molecular weight excluding hydrogens is 548 g/mol. The van der Waals surface area contributed by atoms with Crippen molar-refractivity contribution in [1.29, 1.82) is 0 Å². The van der Waals surface area contributed by atoms with Crippen LogP contribution < -0.4 is 0 Å². The van der Waals surface area contributed by atoms with E-state index in [0.29, 0.717) is 0 Å². The third-order valence-corrected chi connectivity index (χ3v) is 9.85. The summed E-state index contributed by atoms with van der Waals surface area (Å²) in [5.74, 6) is 0. The fourth-order valence-electron chi connectivity index (χ4n) is 4.89. The van der Waals surface area contributed by atoms with Gasteiger partial charge in [0.1, 0.15) is 0 Å². The van der Waals surface area contributed by atoms with Crippen molar-refractivity contribution in [3.63, 3.8) is 0 Å². The normalized spacial score (nSPS) is 9.89. The maximum Gasteiger partial charge on any atom is 3.00 e. The molecule has 0 unspecified atom stereocenters. The quantitative estimate of drug-likeness (QED) is 0.122. The summed E-state index contributed by atoms with van der Waals surface area (Å²) in [4.78, 5) is 0.951. The smallest absolute Gasteiger partial charge is 0.779 e. The van der Waals surface area contributed by atoms with Gasteiger partial charge in [-0.25, -0.2) is 0 Å². The van der Waals surface area contributed by atoms with Crippen molar-refractivity contribution in [2.24, 2.45) is 0 Å². The third-order valence-electron chi connectivity index (χ3n) is 6.41. The molecule has 0 atom stereocenters. The summed E-state index contributed by atoms with van der Waals surface area (Å²) in [7, 11) is 0.137. The first-order chi connectivity index (χ1) is 15.1. The molecule has 1 radical (unpaired) electrons. The summed E-state index contributed by atoms with van der Waals surface area (Å²) in [6, 6.07) is 15.4. The average Bonchev–Trinajstić information content (AvgIpc) is 2.71. The molecule has 0 aliphatic heterocycles. The van der Waals surface area contributed by atoms with Crippen LogP contribution in [-0.4, -0.2) is 18.5 Å². The molecule has 0 bridgehead atoms. The molecule has 0 spiro atoms. The van der Waals surface area contributed by atoms with E-state index >= 15 is 0 Å². The Balaban J connectivity index is 0. The SMILES string of the molecule is CC[PH+](CC)CC.Cc1cc(C)c(-c2cccc(-c3c(C)cc(C)cc3C)c2[S-])c(C)c1.[CH3-].[CH3-].[Ru+3]. The average molecular weight is 596 g/mol. The molecule has 0 N–H and O–H groups in total. The number of aryl methyl sites for hydroxylation is 6. The molecule has 3 aromatic carbocycles. The van der Waals surface area contributed by atoms with Gasteiger partial charge in [-0.3, -0.25) is 0 Å². The fourth-order valence-corrected chi connectivity index (χ4v) is 6.73. The van der Waals surface area contributed by atoms with Crippen LogP contribution in [0.3, 0.4) is 0 Å². The molecule has 0 amide bonds. The first kappa shape index (κ1) is 36.1. The Kier molecular flexibility index (Phi) is 17.2. The van der Waals surface area contributed by atoms with E-state index in [1.807, 2.05) is 0 Å². The predicted octanol–water partition coefficient (Wildman–Crippen LogP) is 9.94. The number of hydrogen-bond acceptors (Lipinski definition) is 1. The van der Waals surface area contributed by atoms with Crippen molar-refractivity contribution in [1.82, 2.24) is 0 Å². The van der Waals surface area contributed by atoms with E-state index in [4.69, 9.17) is 12.6 Å². The van der Waals surface area contributed by atoms with Crippen molar-refractivity contribution in [3.8, 4) is 22.3 Å². The van der Waals surface area contributed by atoms with Gasteiger partial charge in [-0.1, -0.05) is 53.6 Å². The van der Waals surface area contributed by atoms with E-state index in [-0.39, 0.29) is 42.3 Å². The second kappa shape index (κ2) is 16.6. The number of hydrogen-bond donors (Lipinski definition) is 0. The van der Waals surface area contributed by atoms with Crippen LogP contribution in [0.2, 0.25) is 0 Å². The standard InChI is InChI=1S/C24H26S.C6H15P.2CH3.Ru/c1-14-10-16(3)22(17(4)11-14)20-8-7-9-21(24(20)25)23-18(5)12-15(2)13-19(23)6;1-4-7(5-2)6-3;;;/h7-13,25H,1-6H3;4-6H2,1-3H3;2*1H3;/q;;2*-1;+3. The van der Waals surface area contributed by atoms with Gasteiger partial charge >= 0.3 is 19.5 Å². The minimum atomic E-state index is 0. The van der Waals surface area contributed by atoms with Crippen LogP contribution in [0.5, 0.6) is 0 Å². The molecule has 0 aromatic heterocycles. The van der Waals surface area contributed by atoms with Gasteiger partial charge in [-0.05, 0) is 115 Å². The van der Waals surface area contributed by atoms with Crippen LogP contribution in [0.15, 0.2) is 47.4 Å². The maximum absolute atomic E-state index is 5.96. The summed E-state index contributed by atoms with van der Waals surface area (Å²) >= 11 is 5.96. The van der Waals surface area contributed by atoms with E-state index in [0.717, 1.165) is 4.90 Å². The van der Waals surface area contributed by atoms with Gasteiger partial charge in [0.05, 0.1) is 18.5 Å². The Morgan fingerprint density at radius 2 is 0.886 bits per heavy atom. The second-order valence-electron chi connectivity index (χ2n) is 9.04. The Bertz CT molecular complexity index is 940. The van der Waals surface area contributed by atoms with Crippen LogP contribution in [-0.2, 0) is 32.1 Å². The van der Waals surface area contributed by atoms with Crippen molar-refractivity contribution >= 4 is 20.6 Å². The largest absolute Gasteiger partial charge is 3.00 e. The van der Waals surface area contributed by atoms with Gasteiger partial charge in [0.25, 0.3) is 0 Å². The van der Waals surface area contributed by atoms with Crippen LogP contribution in [0.1, 0.15) is 54.2 Å². The maximum atomic E-state index is 5.96. The van der Waals surface area contributed by atoms with Crippen molar-refractivity contribution < 1.29 is 19.5 Å². The first-order valence-corrected chi connectivity index (χ1v) is 14.5. The summed E-state index contributed by atoms with van der Waals surface area (Å²) in [6.45, 7) is 19.9. The van der Waals surface area contributed by atoms with Gasteiger partial charge in [-0.2, -0.15) is 4.90 Å². The van der Waals surface area contributed by atoms with E-state index in [2.05, 4.69) is 105 Å². The molecule has 3 aromatic rings. The topological polar surface area (TPSA) is 0 Å². The predicted molar refractivity (Wildman–Crippen MR) is 164 cm³/mol. The van der Waals surface area contributed by atoms with Crippen LogP contribution >= 0.6 is 7.92 Å². The van der Waals surface area contributed by atoms with Crippen molar-refractivity contribution in [2.45, 2.75) is 67.2 Å². The molecular formula is C32H47PRuS+. The summed E-state index contributed by atoms with van der Waals surface area (Å²) < 4.78 is 0. The first-order valence-electron chi connectivity index (χ1n) is 11.9. The molecule has 0 heterocycles. The summed E-state index contributed by atoms with van der Waals surface area (Å²) in [6.07, 6.45) is 4.37. The van der Waals surface area contributed by atoms with Crippen molar-refractivity contribution in [3.05, 3.63) is 90.7 Å². The van der Waals surface area contributed by atoms with E-state index in [1.165, 1.54) is 74.1 Å². The zero-order valence-electron chi connectivity index (χ0n) is 23.9. The number of rotatable bonds is 5. The minimum Gasteiger partial charge on any atom is -0.779 e. The molecule has 0 saturated carbocycles. The van der Waals surface area contributed by atoms with Gasteiger partial charge in [0, 0.05) is 0 Å². The fraction of sp³-hybridized carbons (Fsp3) is 0.375. The molecule has 0 fully saturated rings. The monoisotopic (exact) mass is 596 g/mol. The Hall–Kier alpha value is -1.07. The zero-order chi connectivity index (χ0) is 24.0. The van der Waals surface area contributed by atoms with E-state index in [1.54, 1.807) is 0 Å². The summed E-state index contributed by atoms with van der Waals surface area (Å²) in [5, 5.41) is 0. The minimum absolute atomic E-state index is 0. The van der Waals surface area contributed by atoms with E-state index in [9.17, 15) is 0 Å². The molecule has 35 heavy (non-hydrogen) atoms. The van der Waals surface area contributed by atoms with Crippen molar-refractivity contribution in [2.75, 3.05) is 18.5 Å².